The number of oxazole rings is 1. The lowest BCUT2D eigenvalue weighted by atomic mass is 10.1. The molecule has 2 aromatic rings. The van der Waals surface area contributed by atoms with E-state index in [1.54, 1.807) is 6.07 Å². The highest BCUT2D eigenvalue weighted by Crippen LogP contribution is 2.18. The second-order valence-corrected chi connectivity index (χ2v) is 4.10. The molecule has 1 unspecified atom stereocenters. The number of aromatic nitrogens is 1. The van der Waals surface area contributed by atoms with E-state index in [1.807, 2.05) is 0 Å². The van der Waals surface area contributed by atoms with Gasteiger partial charge in [-0.15, -0.1) is 0 Å². The van der Waals surface area contributed by atoms with Gasteiger partial charge >= 0.3 is 0 Å². The van der Waals surface area contributed by atoms with Crippen LogP contribution in [0.3, 0.4) is 0 Å². The Labute approximate surface area is 93.5 Å². The van der Waals surface area contributed by atoms with E-state index in [0.29, 0.717) is 29.5 Å². The Morgan fingerprint density at radius 3 is 3.06 bits per heavy atom. The average molecular weight is 222 g/mol. The molecule has 0 aliphatic rings. The molecule has 1 atom stereocenters. The van der Waals surface area contributed by atoms with Crippen molar-refractivity contribution in [3.63, 3.8) is 0 Å². The number of halogens is 1. The molecule has 4 heteroatoms. The zero-order valence-corrected chi connectivity index (χ0v) is 9.24. The number of benzene rings is 1. The summed E-state index contributed by atoms with van der Waals surface area (Å²) in [4.78, 5) is 4.23. The van der Waals surface area contributed by atoms with E-state index in [1.165, 1.54) is 12.1 Å². The molecule has 0 fully saturated rings. The maximum atomic E-state index is 12.9. The Balaban J connectivity index is 2.13. The van der Waals surface area contributed by atoms with Gasteiger partial charge in [-0.3, -0.25) is 0 Å². The van der Waals surface area contributed by atoms with Crippen molar-refractivity contribution in [2.45, 2.75) is 19.8 Å². The van der Waals surface area contributed by atoms with Crippen molar-refractivity contribution in [3.8, 4) is 0 Å². The van der Waals surface area contributed by atoms with Crippen LogP contribution in [0.2, 0.25) is 0 Å². The fourth-order valence-corrected chi connectivity index (χ4v) is 1.54. The summed E-state index contributed by atoms with van der Waals surface area (Å²) in [6.07, 6.45) is 1.68. The summed E-state index contributed by atoms with van der Waals surface area (Å²) in [5, 5.41) is 0. The molecular weight excluding hydrogens is 207 g/mol. The third-order valence-corrected chi connectivity index (χ3v) is 2.65. The molecule has 2 rings (SSSR count). The molecule has 2 N–H and O–H groups in total. The second-order valence-electron chi connectivity index (χ2n) is 4.10. The molecule has 0 spiro atoms. The summed E-state index contributed by atoms with van der Waals surface area (Å²) in [7, 11) is 0. The predicted octanol–water partition coefficient (Wildman–Crippen LogP) is 2.49. The van der Waals surface area contributed by atoms with Gasteiger partial charge in [-0.25, -0.2) is 9.37 Å². The molecule has 0 saturated carbocycles. The zero-order valence-electron chi connectivity index (χ0n) is 9.24. The number of fused-ring (bicyclic) bond motifs is 1. The molecule has 1 heterocycles. The lowest BCUT2D eigenvalue weighted by Crippen LogP contribution is -2.11. The minimum atomic E-state index is -0.289. The van der Waals surface area contributed by atoms with E-state index in [4.69, 9.17) is 10.2 Å². The van der Waals surface area contributed by atoms with Gasteiger partial charge in [0.2, 0.25) is 0 Å². The molecule has 0 saturated heterocycles. The monoisotopic (exact) mass is 222 g/mol. The molecule has 1 aromatic carbocycles. The maximum Gasteiger partial charge on any atom is 0.195 e. The first kappa shape index (κ1) is 11.1. The third-order valence-electron chi connectivity index (χ3n) is 2.65. The van der Waals surface area contributed by atoms with E-state index >= 15 is 0 Å². The predicted molar refractivity (Wildman–Crippen MR) is 60.5 cm³/mol. The van der Waals surface area contributed by atoms with Crippen molar-refractivity contribution in [3.05, 3.63) is 29.9 Å². The molecule has 86 valence electrons. The van der Waals surface area contributed by atoms with E-state index in [9.17, 15) is 4.39 Å². The van der Waals surface area contributed by atoms with Crippen LogP contribution in [0.25, 0.3) is 11.1 Å². The van der Waals surface area contributed by atoms with Gasteiger partial charge in [0.15, 0.2) is 11.5 Å². The van der Waals surface area contributed by atoms with Crippen LogP contribution in [0.15, 0.2) is 22.6 Å². The number of nitrogens with two attached hydrogens (primary N) is 1. The second kappa shape index (κ2) is 4.61. The number of hydrogen-bond acceptors (Lipinski definition) is 3. The Morgan fingerprint density at radius 1 is 1.50 bits per heavy atom. The number of aryl methyl sites for hydroxylation is 1. The number of hydrogen-bond donors (Lipinski definition) is 1. The van der Waals surface area contributed by atoms with E-state index < -0.39 is 0 Å². The van der Waals surface area contributed by atoms with Crippen LogP contribution in [-0.2, 0) is 6.42 Å². The SMILES string of the molecule is CC(CN)CCc1nc2cc(F)ccc2o1. The lowest BCUT2D eigenvalue weighted by Gasteiger charge is -2.04. The highest BCUT2D eigenvalue weighted by molar-refractivity contribution is 5.72. The topological polar surface area (TPSA) is 52.0 Å². The Hall–Kier alpha value is -1.42. The molecule has 0 aliphatic heterocycles. The van der Waals surface area contributed by atoms with Crippen LogP contribution in [0.5, 0.6) is 0 Å². The summed E-state index contributed by atoms with van der Waals surface area (Å²) in [6, 6.07) is 4.36. The quantitative estimate of drug-likeness (QED) is 0.864. The van der Waals surface area contributed by atoms with E-state index in [-0.39, 0.29) is 5.82 Å². The van der Waals surface area contributed by atoms with Crippen LogP contribution in [0.4, 0.5) is 4.39 Å². The largest absolute Gasteiger partial charge is 0.441 e. The molecule has 0 amide bonds. The molecule has 0 radical (unpaired) electrons. The lowest BCUT2D eigenvalue weighted by molar-refractivity contribution is 0.471. The highest BCUT2D eigenvalue weighted by Gasteiger charge is 2.08. The van der Waals surface area contributed by atoms with E-state index in [2.05, 4.69) is 11.9 Å². The summed E-state index contributed by atoms with van der Waals surface area (Å²) in [5.41, 5.74) is 6.75. The van der Waals surface area contributed by atoms with Crippen molar-refractivity contribution >= 4 is 11.1 Å². The first-order valence-corrected chi connectivity index (χ1v) is 5.44. The van der Waals surface area contributed by atoms with Crippen molar-refractivity contribution in [1.82, 2.24) is 4.98 Å². The maximum absolute atomic E-state index is 12.9. The van der Waals surface area contributed by atoms with Gasteiger partial charge in [-0.1, -0.05) is 6.92 Å². The molecule has 0 aliphatic carbocycles. The number of nitrogens with zero attached hydrogens (tertiary/aromatic N) is 1. The summed E-state index contributed by atoms with van der Waals surface area (Å²) >= 11 is 0. The van der Waals surface area contributed by atoms with Gasteiger partial charge < -0.3 is 10.2 Å². The van der Waals surface area contributed by atoms with Gasteiger partial charge in [0, 0.05) is 12.5 Å². The van der Waals surface area contributed by atoms with Gasteiger partial charge in [0.25, 0.3) is 0 Å². The van der Waals surface area contributed by atoms with Crippen molar-refractivity contribution in [2.75, 3.05) is 6.54 Å². The molecule has 3 nitrogen and oxygen atoms in total. The molecule has 16 heavy (non-hydrogen) atoms. The normalized spacial score (nSPS) is 13.2. The molecular formula is C12H15FN2O. The van der Waals surface area contributed by atoms with Crippen molar-refractivity contribution in [2.24, 2.45) is 11.7 Å². The summed E-state index contributed by atoms with van der Waals surface area (Å²) < 4.78 is 18.4. The van der Waals surface area contributed by atoms with Crippen LogP contribution < -0.4 is 5.73 Å². The van der Waals surface area contributed by atoms with Crippen LogP contribution in [0, 0.1) is 11.7 Å². The van der Waals surface area contributed by atoms with Gasteiger partial charge in [0.05, 0.1) is 0 Å². The fraction of sp³-hybridized carbons (Fsp3) is 0.417. The average Bonchev–Trinajstić information content (AvgIpc) is 2.67. The smallest absolute Gasteiger partial charge is 0.195 e. The van der Waals surface area contributed by atoms with Crippen LogP contribution in [0.1, 0.15) is 19.2 Å². The first-order chi connectivity index (χ1) is 7.69. The van der Waals surface area contributed by atoms with Crippen LogP contribution >= 0.6 is 0 Å². The summed E-state index contributed by atoms with van der Waals surface area (Å²) in [5.74, 6) is 0.815. The fourth-order valence-electron chi connectivity index (χ4n) is 1.54. The Bertz CT molecular complexity index is 481. The Morgan fingerprint density at radius 2 is 2.31 bits per heavy atom. The minimum absolute atomic E-state index is 0.289. The van der Waals surface area contributed by atoms with Crippen LogP contribution in [-0.4, -0.2) is 11.5 Å². The van der Waals surface area contributed by atoms with Crippen molar-refractivity contribution < 1.29 is 8.81 Å². The van der Waals surface area contributed by atoms with Crippen molar-refractivity contribution in [1.29, 1.82) is 0 Å². The van der Waals surface area contributed by atoms with Gasteiger partial charge in [-0.05, 0) is 31.0 Å². The molecule has 1 aromatic heterocycles. The first-order valence-electron chi connectivity index (χ1n) is 5.44. The van der Waals surface area contributed by atoms with Gasteiger partial charge in [0.1, 0.15) is 11.3 Å². The number of rotatable bonds is 4. The third kappa shape index (κ3) is 2.39. The Kier molecular flexibility index (Phi) is 3.19. The van der Waals surface area contributed by atoms with Gasteiger partial charge in [-0.2, -0.15) is 0 Å². The molecule has 0 bridgehead atoms. The van der Waals surface area contributed by atoms with E-state index in [0.717, 1.165) is 12.8 Å². The highest BCUT2D eigenvalue weighted by atomic mass is 19.1. The minimum Gasteiger partial charge on any atom is -0.441 e. The standard InChI is InChI=1S/C12H15FN2O/c1-8(7-14)2-5-12-15-10-6-9(13)3-4-11(10)16-12/h3-4,6,8H,2,5,7,14H2,1H3. The summed E-state index contributed by atoms with van der Waals surface area (Å²) in [6.45, 7) is 2.75. The zero-order chi connectivity index (χ0) is 11.5.